The second-order valence-corrected chi connectivity index (χ2v) is 5.13. The normalized spacial score (nSPS) is 10.4. The summed E-state index contributed by atoms with van der Waals surface area (Å²) in [6.07, 6.45) is 2.21. The number of hydrogen-bond acceptors (Lipinski definition) is 2. The third-order valence-corrected chi connectivity index (χ3v) is 3.45. The van der Waals surface area contributed by atoms with Crippen molar-refractivity contribution in [2.75, 3.05) is 0 Å². The maximum atomic E-state index is 10.9. The molecule has 110 valence electrons. The van der Waals surface area contributed by atoms with Gasteiger partial charge in [-0.05, 0) is 54.3 Å². The van der Waals surface area contributed by atoms with Gasteiger partial charge in [-0.1, -0.05) is 31.5 Å². The van der Waals surface area contributed by atoms with Gasteiger partial charge in [-0.15, -0.1) is 0 Å². The number of aromatic carboxylic acids is 1. The number of aryl methyl sites for hydroxylation is 2. The molecule has 0 fully saturated rings. The fourth-order valence-electron chi connectivity index (χ4n) is 2.19. The Labute approximate surface area is 125 Å². The van der Waals surface area contributed by atoms with Crippen LogP contribution in [0, 0.1) is 6.92 Å². The molecule has 2 aromatic carbocycles. The molecule has 0 saturated carbocycles. The Balaban J connectivity index is 2.01. The van der Waals surface area contributed by atoms with E-state index in [0.29, 0.717) is 12.2 Å². The lowest BCUT2D eigenvalue weighted by atomic mass is 10.1. The number of carboxylic acids is 1. The van der Waals surface area contributed by atoms with Crippen LogP contribution in [0.25, 0.3) is 0 Å². The number of ether oxygens (including phenoxy) is 1. The predicted molar refractivity (Wildman–Crippen MR) is 82.9 cm³/mol. The van der Waals surface area contributed by atoms with Gasteiger partial charge in [0.15, 0.2) is 0 Å². The molecule has 0 radical (unpaired) electrons. The van der Waals surface area contributed by atoms with E-state index in [1.54, 1.807) is 12.1 Å². The summed E-state index contributed by atoms with van der Waals surface area (Å²) in [6, 6.07) is 13.2. The molecule has 0 amide bonds. The minimum atomic E-state index is -0.905. The molecule has 1 N–H and O–H groups in total. The Morgan fingerprint density at radius 1 is 1.14 bits per heavy atom. The SMILES string of the molecule is CCCc1ccc(OCc2ccc(C(=O)O)cc2C)cc1. The highest BCUT2D eigenvalue weighted by molar-refractivity contribution is 5.87. The zero-order chi connectivity index (χ0) is 15.2. The van der Waals surface area contributed by atoms with Gasteiger partial charge in [0.25, 0.3) is 0 Å². The second-order valence-electron chi connectivity index (χ2n) is 5.13. The van der Waals surface area contributed by atoms with E-state index in [0.717, 1.165) is 29.7 Å². The lowest BCUT2D eigenvalue weighted by molar-refractivity contribution is 0.0696. The van der Waals surface area contributed by atoms with E-state index in [2.05, 4.69) is 19.1 Å². The van der Waals surface area contributed by atoms with Crippen molar-refractivity contribution in [1.82, 2.24) is 0 Å². The average Bonchev–Trinajstić information content (AvgIpc) is 2.47. The molecule has 0 unspecified atom stereocenters. The van der Waals surface area contributed by atoms with Crippen molar-refractivity contribution in [3.8, 4) is 5.75 Å². The van der Waals surface area contributed by atoms with Crippen LogP contribution in [0.3, 0.4) is 0 Å². The summed E-state index contributed by atoms with van der Waals surface area (Å²) < 4.78 is 5.76. The molecule has 0 aliphatic carbocycles. The minimum Gasteiger partial charge on any atom is -0.489 e. The van der Waals surface area contributed by atoms with Crippen LogP contribution in [0.15, 0.2) is 42.5 Å². The van der Waals surface area contributed by atoms with Gasteiger partial charge in [-0.2, -0.15) is 0 Å². The Morgan fingerprint density at radius 2 is 1.86 bits per heavy atom. The van der Waals surface area contributed by atoms with Crippen molar-refractivity contribution in [2.24, 2.45) is 0 Å². The number of benzene rings is 2. The van der Waals surface area contributed by atoms with Crippen LogP contribution in [-0.2, 0) is 13.0 Å². The third-order valence-electron chi connectivity index (χ3n) is 3.45. The molecule has 21 heavy (non-hydrogen) atoms. The summed E-state index contributed by atoms with van der Waals surface area (Å²) in [5.41, 5.74) is 3.54. The highest BCUT2D eigenvalue weighted by atomic mass is 16.5. The monoisotopic (exact) mass is 284 g/mol. The highest BCUT2D eigenvalue weighted by Crippen LogP contribution is 2.17. The van der Waals surface area contributed by atoms with Gasteiger partial charge in [0.2, 0.25) is 0 Å². The number of carboxylic acid groups (broad SMARTS) is 1. The van der Waals surface area contributed by atoms with Gasteiger partial charge >= 0.3 is 5.97 Å². The lowest BCUT2D eigenvalue weighted by Gasteiger charge is -2.10. The van der Waals surface area contributed by atoms with Crippen LogP contribution < -0.4 is 4.74 Å². The number of hydrogen-bond donors (Lipinski definition) is 1. The summed E-state index contributed by atoms with van der Waals surface area (Å²) in [5.74, 6) is -0.0753. The van der Waals surface area contributed by atoms with Crippen LogP contribution in [0.5, 0.6) is 5.75 Å². The van der Waals surface area contributed by atoms with Crippen molar-refractivity contribution >= 4 is 5.97 Å². The standard InChI is InChI=1S/C18H20O3/c1-3-4-14-5-9-17(10-6-14)21-12-16-8-7-15(18(19)20)11-13(16)2/h5-11H,3-4,12H2,1-2H3,(H,19,20). The fraction of sp³-hybridized carbons (Fsp3) is 0.278. The molecule has 0 spiro atoms. The molecule has 0 aliphatic heterocycles. The molecule has 2 aromatic rings. The number of carbonyl (C=O) groups is 1. The summed E-state index contributed by atoms with van der Waals surface area (Å²) in [5, 5.41) is 8.95. The summed E-state index contributed by atoms with van der Waals surface area (Å²) in [6.45, 7) is 4.50. The van der Waals surface area contributed by atoms with Crippen LogP contribution in [0.2, 0.25) is 0 Å². The van der Waals surface area contributed by atoms with E-state index < -0.39 is 5.97 Å². The van der Waals surface area contributed by atoms with E-state index in [-0.39, 0.29) is 0 Å². The molecule has 0 atom stereocenters. The first-order valence-electron chi connectivity index (χ1n) is 7.14. The predicted octanol–water partition coefficient (Wildman–Crippen LogP) is 4.22. The van der Waals surface area contributed by atoms with E-state index in [1.807, 2.05) is 25.1 Å². The quantitative estimate of drug-likeness (QED) is 0.863. The van der Waals surface area contributed by atoms with Crippen molar-refractivity contribution in [2.45, 2.75) is 33.3 Å². The van der Waals surface area contributed by atoms with Crippen LogP contribution in [0.1, 0.15) is 40.4 Å². The molecule has 0 aromatic heterocycles. The smallest absolute Gasteiger partial charge is 0.335 e. The third kappa shape index (κ3) is 4.09. The van der Waals surface area contributed by atoms with Gasteiger partial charge in [-0.3, -0.25) is 0 Å². The molecular weight excluding hydrogens is 264 g/mol. The average molecular weight is 284 g/mol. The number of rotatable bonds is 6. The van der Waals surface area contributed by atoms with Crippen LogP contribution in [0.4, 0.5) is 0 Å². The summed E-state index contributed by atoms with van der Waals surface area (Å²) in [7, 11) is 0. The first-order valence-corrected chi connectivity index (χ1v) is 7.14. The van der Waals surface area contributed by atoms with E-state index in [1.165, 1.54) is 5.56 Å². The largest absolute Gasteiger partial charge is 0.489 e. The highest BCUT2D eigenvalue weighted by Gasteiger charge is 2.06. The van der Waals surface area contributed by atoms with Gasteiger partial charge in [0, 0.05) is 0 Å². The van der Waals surface area contributed by atoms with Crippen molar-refractivity contribution in [3.05, 3.63) is 64.7 Å². The molecule has 0 heterocycles. The maximum Gasteiger partial charge on any atom is 0.335 e. The molecule has 0 saturated heterocycles. The molecule has 2 rings (SSSR count). The second kappa shape index (κ2) is 6.93. The van der Waals surface area contributed by atoms with Crippen molar-refractivity contribution in [1.29, 1.82) is 0 Å². The maximum absolute atomic E-state index is 10.9. The van der Waals surface area contributed by atoms with E-state index >= 15 is 0 Å². The zero-order valence-electron chi connectivity index (χ0n) is 12.4. The van der Waals surface area contributed by atoms with Crippen molar-refractivity contribution < 1.29 is 14.6 Å². The van der Waals surface area contributed by atoms with E-state index in [4.69, 9.17) is 9.84 Å². The van der Waals surface area contributed by atoms with Crippen molar-refractivity contribution in [3.63, 3.8) is 0 Å². The van der Waals surface area contributed by atoms with Gasteiger partial charge in [0.1, 0.15) is 12.4 Å². The molecule has 3 heteroatoms. The van der Waals surface area contributed by atoms with E-state index in [9.17, 15) is 4.79 Å². The Morgan fingerprint density at radius 3 is 2.43 bits per heavy atom. The van der Waals surface area contributed by atoms with Gasteiger partial charge < -0.3 is 9.84 Å². The fourth-order valence-corrected chi connectivity index (χ4v) is 2.19. The molecule has 0 aliphatic rings. The Kier molecular flexibility index (Phi) is 4.99. The zero-order valence-corrected chi connectivity index (χ0v) is 12.4. The first kappa shape index (κ1) is 15.1. The van der Waals surface area contributed by atoms with Crippen LogP contribution in [-0.4, -0.2) is 11.1 Å². The van der Waals surface area contributed by atoms with Gasteiger partial charge in [-0.25, -0.2) is 4.79 Å². The molecule has 3 nitrogen and oxygen atoms in total. The molecular formula is C18H20O3. The Hall–Kier alpha value is -2.29. The lowest BCUT2D eigenvalue weighted by Crippen LogP contribution is -2.02. The van der Waals surface area contributed by atoms with Gasteiger partial charge in [0.05, 0.1) is 5.56 Å². The molecule has 0 bridgehead atoms. The Bertz CT molecular complexity index is 615. The topological polar surface area (TPSA) is 46.5 Å². The van der Waals surface area contributed by atoms with Crippen LogP contribution >= 0.6 is 0 Å². The summed E-state index contributed by atoms with van der Waals surface area (Å²) in [4.78, 5) is 10.9. The summed E-state index contributed by atoms with van der Waals surface area (Å²) >= 11 is 0. The first-order chi connectivity index (χ1) is 10.1. The minimum absolute atomic E-state index is 0.306.